The van der Waals surface area contributed by atoms with Crippen molar-refractivity contribution < 1.29 is 14.3 Å². The molecule has 1 atom stereocenters. The van der Waals surface area contributed by atoms with Crippen molar-refractivity contribution in [3.63, 3.8) is 0 Å². The maximum atomic E-state index is 13.5. The predicted molar refractivity (Wildman–Crippen MR) is 128 cm³/mol. The molecule has 2 heterocycles. The summed E-state index contributed by atoms with van der Waals surface area (Å²) in [6, 6.07) is 9.51. The number of hydrogen-bond acceptors (Lipinski definition) is 4. The van der Waals surface area contributed by atoms with Gasteiger partial charge in [-0.1, -0.05) is 18.6 Å². The minimum absolute atomic E-state index is 0.0543. The van der Waals surface area contributed by atoms with Gasteiger partial charge in [-0.25, -0.2) is 0 Å². The lowest BCUT2D eigenvalue weighted by Gasteiger charge is -2.41. The summed E-state index contributed by atoms with van der Waals surface area (Å²) in [7, 11) is 3.22. The molecule has 1 N–H and O–H groups in total. The minimum atomic E-state index is -0.462. The van der Waals surface area contributed by atoms with Gasteiger partial charge in [-0.05, 0) is 78.9 Å². The average Bonchev–Trinajstić information content (AvgIpc) is 2.78. The number of nitrogens with zero attached hydrogens (tertiary/aromatic N) is 1. The van der Waals surface area contributed by atoms with E-state index in [9.17, 15) is 9.59 Å². The number of hydrogen-bond donors (Lipinski definition) is 1. The topological polar surface area (TPSA) is 71.6 Å². The fraction of sp³-hybridized carbons (Fsp3) is 0.407. The summed E-state index contributed by atoms with van der Waals surface area (Å²) >= 11 is 0. The number of aryl methyl sites for hydroxylation is 2. The highest BCUT2D eigenvalue weighted by atomic mass is 16.5. The smallest absolute Gasteiger partial charge is 0.254 e. The summed E-state index contributed by atoms with van der Waals surface area (Å²) in [6.45, 7) is 4.64. The van der Waals surface area contributed by atoms with Crippen LogP contribution in [-0.2, 0) is 11.2 Å². The number of benzene rings is 2. The van der Waals surface area contributed by atoms with Crippen molar-refractivity contribution in [3.05, 3.63) is 68.5 Å². The van der Waals surface area contributed by atoms with Gasteiger partial charge < -0.3 is 19.4 Å². The first-order valence-corrected chi connectivity index (χ1v) is 11.6. The molecular formula is C27H30N2O4. The molecule has 1 unspecified atom stereocenters. The number of H-pyrrole nitrogens is 1. The molecule has 2 aromatic carbocycles. The van der Waals surface area contributed by atoms with Crippen LogP contribution in [-0.4, -0.2) is 36.6 Å². The highest BCUT2D eigenvalue weighted by Crippen LogP contribution is 2.42. The summed E-state index contributed by atoms with van der Waals surface area (Å²) < 4.78 is 11.1. The minimum Gasteiger partial charge on any atom is -0.493 e. The van der Waals surface area contributed by atoms with Gasteiger partial charge in [0, 0.05) is 18.0 Å². The number of methoxy groups -OCH3 is 2. The van der Waals surface area contributed by atoms with Crippen molar-refractivity contribution >= 4 is 16.8 Å². The van der Waals surface area contributed by atoms with Crippen LogP contribution in [0.5, 0.6) is 11.5 Å². The number of nitrogens with one attached hydrogen (secondary N) is 1. The van der Waals surface area contributed by atoms with Gasteiger partial charge >= 0.3 is 0 Å². The lowest BCUT2D eigenvalue weighted by atomic mass is 9.81. The van der Waals surface area contributed by atoms with E-state index in [2.05, 4.69) is 11.1 Å². The Morgan fingerprint density at radius 1 is 1.03 bits per heavy atom. The van der Waals surface area contributed by atoms with Crippen LogP contribution in [0.4, 0.5) is 0 Å². The van der Waals surface area contributed by atoms with E-state index in [0.717, 1.165) is 52.4 Å². The van der Waals surface area contributed by atoms with Crippen LogP contribution in [0, 0.1) is 19.8 Å². The van der Waals surface area contributed by atoms with E-state index in [1.54, 1.807) is 14.2 Å². The second kappa shape index (κ2) is 8.25. The average molecular weight is 447 g/mol. The summed E-state index contributed by atoms with van der Waals surface area (Å²) in [6.07, 6.45) is 3.65. The van der Waals surface area contributed by atoms with E-state index in [0.29, 0.717) is 30.0 Å². The van der Waals surface area contributed by atoms with Gasteiger partial charge in [0.05, 0.1) is 25.8 Å². The molecular weight excluding hydrogens is 416 g/mol. The highest BCUT2D eigenvalue weighted by molar-refractivity contribution is 5.84. The molecule has 33 heavy (non-hydrogen) atoms. The molecule has 172 valence electrons. The summed E-state index contributed by atoms with van der Waals surface area (Å²) in [5, 5.41) is 0.969. The first-order valence-electron chi connectivity index (χ1n) is 11.6. The number of amides is 1. The van der Waals surface area contributed by atoms with Gasteiger partial charge in [-0.2, -0.15) is 0 Å². The Morgan fingerprint density at radius 2 is 1.76 bits per heavy atom. The number of aromatic amines is 1. The lowest BCUT2D eigenvalue weighted by Crippen LogP contribution is -2.46. The largest absolute Gasteiger partial charge is 0.493 e. The van der Waals surface area contributed by atoms with Crippen LogP contribution < -0.4 is 15.0 Å². The van der Waals surface area contributed by atoms with Gasteiger partial charge in [0.2, 0.25) is 5.91 Å². The van der Waals surface area contributed by atoms with E-state index < -0.39 is 6.04 Å². The molecule has 6 heteroatoms. The molecule has 1 amide bonds. The molecule has 1 saturated carbocycles. The Labute approximate surface area is 193 Å². The molecule has 0 radical (unpaired) electrons. The molecule has 1 fully saturated rings. The second-order valence-electron chi connectivity index (χ2n) is 9.24. The molecule has 0 bridgehead atoms. The molecule has 3 aromatic rings. The highest BCUT2D eigenvalue weighted by Gasteiger charge is 2.39. The van der Waals surface area contributed by atoms with E-state index >= 15 is 0 Å². The maximum absolute atomic E-state index is 13.5. The predicted octanol–water partition coefficient (Wildman–Crippen LogP) is 4.44. The lowest BCUT2D eigenvalue weighted by molar-refractivity contribution is -0.140. The standard InChI is InChI=1S/C27H30N2O4/c1-15-8-9-19-12-21(26(30)28-24(19)16(15)2)25-20-14-23(33-4)22(32-3)13-18(20)10-11-29(25)27(31)17-6-5-7-17/h8-9,12-14,17,25H,5-7,10-11H2,1-4H3,(H,28,30). The van der Waals surface area contributed by atoms with Gasteiger partial charge in [0.1, 0.15) is 0 Å². The van der Waals surface area contributed by atoms with Gasteiger partial charge in [-0.3, -0.25) is 9.59 Å². The number of ether oxygens (including phenoxy) is 2. The number of rotatable bonds is 4. The molecule has 6 nitrogen and oxygen atoms in total. The Hall–Kier alpha value is -3.28. The quantitative estimate of drug-likeness (QED) is 0.643. The zero-order valence-corrected chi connectivity index (χ0v) is 19.7. The van der Waals surface area contributed by atoms with Gasteiger partial charge in [0.15, 0.2) is 11.5 Å². The molecule has 0 saturated heterocycles. The van der Waals surface area contributed by atoms with Crippen molar-refractivity contribution in [2.24, 2.45) is 5.92 Å². The molecule has 2 aliphatic rings. The molecule has 1 aliphatic carbocycles. The fourth-order valence-corrected chi connectivity index (χ4v) is 5.15. The number of carbonyl (C=O) groups is 1. The maximum Gasteiger partial charge on any atom is 0.254 e. The van der Waals surface area contributed by atoms with Crippen LogP contribution in [0.1, 0.15) is 53.1 Å². The van der Waals surface area contributed by atoms with Crippen molar-refractivity contribution in [2.45, 2.75) is 45.6 Å². The van der Waals surface area contributed by atoms with Crippen LogP contribution in [0.15, 0.2) is 35.1 Å². The van der Waals surface area contributed by atoms with Crippen molar-refractivity contribution in [3.8, 4) is 11.5 Å². The van der Waals surface area contributed by atoms with E-state index in [4.69, 9.17) is 9.47 Å². The third kappa shape index (κ3) is 3.48. The third-order valence-electron chi connectivity index (χ3n) is 7.49. The monoisotopic (exact) mass is 446 g/mol. The molecule has 0 spiro atoms. The Morgan fingerprint density at radius 3 is 2.42 bits per heavy atom. The van der Waals surface area contributed by atoms with Crippen molar-refractivity contribution in [1.82, 2.24) is 9.88 Å². The zero-order valence-electron chi connectivity index (χ0n) is 19.7. The second-order valence-corrected chi connectivity index (χ2v) is 9.24. The van der Waals surface area contributed by atoms with Crippen molar-refractivity contribution in [1.29, 1.82) is 0 Å². The van der Waals surface area contributed by atoms with Crippen LogP contribution in [0.2, 0.25) is 0 Å². The molecule has 1 aromatic heterocycles. The van der Waals surface area contributed by atoms with Crippen LogP contribution >= 0.6 is 0 Å². The Balaban J connectivity index is 1.72. The van der Waals surface area contributed by atoms with Gasteiger partial charge in [0.25, 0.3) is 5.56 Å². The van der Waals surface area contributed by atoms with Crippen LogP contribution in [0.3, 0.4) is 0 Å². The molecule has 1 aliphatic heterocycles. The summed E-state index contributed by atoms with van der Waals surface area (Å²) in [4.78, 5) is 32.0. The van der Waals surface area contributed by atoms with E-state index in [1.807, 2.05) is 43.0 Å². The first-order chi connectivity index (χ1) is 15.9. The third-order valence-corrected chi connectivity index (χ3v) is 7.49. The first kappa shape index (κ1) is 21.6. The van der Waals surface area contributed by atoms with Crippen LogP contribution in [0.25, 0.3) is 10.9 Å². The zero-order chi connectivity index (χ0) is 23.3. The van der Waals surface area contributed by atoms with E-state index in [-0.39, 0.29) is 17.4 Å². The summed E-state index contributed by atoms with van der Waals surface area (Å²) in [5.41, 5.74) is 5.49. The fourth-order valence-electron chi connectivity index (χ4n) is 5.15. The normalized spacial score (nSPS) is 18.1. The SMILES string of the molecule is COc1cc2c(cc1OC)C(c1cc3ccc(C)c(C)c3[nH]c1=O)N(C(=O)C1CCC1)CC2. The summed E-state index contributed by atoms with van der Waals surface area (Å²) in [5.74, 6) is 1.46. The Bertz CT molecular complexity index is 1310. The number of pyridine rings is 1. The Kier molecular flexibility index (Phi) is 5.39. The van der Waals surface area contributed by atoms with Crippen molar-refractivity contribution in [2.75, 3.05) is 20.8 Å². The van der Waals surface area contributed by atoms with Gasteiger partial charge in [-0.15, -0.1) is 0 Å². The van der Waals surface area contributed by atoms with E-state index in [1.165, 1.54) is 0 Å². The number of aromatic nitrogens is 1. The molecule has 5 rings (SSSR count). The number of fused-ring (bicyclic) bond motifs is 2. The number of carbonyl (C=O) groups excluding carboxylic acids is 1.